The van der Waals surface area contributed by atoms with Gasteiger partial charge < -0.3 is 15.2 Å². The Morgan fingerprint density at radius 2 is 2.05 bits per heavy atom. The predicted octanol–water partition coefficient (Wildman–Crippen LogP) is 3.57. The fourth-order valence-corrected chi connectivity index (χ4v) is 1.78. The molecule has 1 rings (SSSR count). The molecular weight excluding hydrogens is 294 g/mol. The zero-order valence-electron chi connectivity index (χ0n) is 12.4. The van der Waals surface area contributed by atoms with E-state index in [1.54, 1.807) is 18.2 Å². The molecule has 0 radical (unpaired) electrons. The largest absolute Gasteiger partial charge is 0.491 e. The third-order valence-electron chi connectivity index (χ3n) is 2.86. The molecule has 2 N–H and O–H groups in total. The van der Waals surface area contributed by atoms with Crippen molar-refractivity contribution in [1.29, 1.82) is 0 Å². The van der Waals surface area contributed by atoms with Crippen molar-refractivity contribution in [2.24, 2.45) is 5.41 Å². The fraction of sp³-hybridized carbons (Fsp3) is 0.467. The van der Waals surface area contributed by atoms with Crippen molar-refractivity contribution in [3.05, 3.63) is 23.2 Å². The van der Waals surface area contributed by atoms with Crippen LogP contribution < -0.4 is 10.1 Å². The van der Waals surface area contributed by atoms with Gasteiger partial charge in [-0.05, 0) is 38.5 Å². The number of anilines is 1. The second-order valence-electron chi connectivity index (χ2n) is 5.40. The molecule has 1 aromatic rings. The van der Waals surface area contributed by atoms with Crippen LogP contribution >= 0.6 is 11.6 Å². The minimum atomic E-state index is -1.13. The molecule has 0 saturated carbocycles. The van der Waals surface area contributed by atoms with Crippen LogP contribution in [0, 0.1) is 5.41 Å². The molecule has 0 fully saturated rings. The first-order valence-corrected chi connectivity index (χ1v) is 7.09. The zero-order chi connectivity index (χ0) is 16.0. The molecule has 0 aliphatic carbocycles. The normalized spacial score (nSPS) is 11.0. The highest BCUT2D eigenvalue weighted by Crippen LogP contribution is 2.29. The maximum absolute atomic E-state index is 12.0. The third kappa shape index (κ3) is 5.27. The smallest absolute Gasteiger partial charge is 0.309 e. The molecule has 0 spiro atoms. The summed E-state index contributed by atoms with van der Waals surface area (Å²) in [5.74, 6) is -0.903. The summed E-state index contributed by atoms with van der Waals surface area (Å²) in [7, 11) is 0. The van der Waals surface area contributed by atoms with Crippen molar-refractivity contribution in [2.45, 2.75) is 33.6 Å². The standard InChI is InChI=1S/C15H20ClNO4/c1-4-7-21-12-6-5-10(16)8-11(12)17-13(18)9-15(2,3)14(19)20/h5-6,8H,4,7,9H2,1-3H3,(H,17,18)(H,19,20). The Morgan fingerprint density at radius 3 is 2.62 bits per heavy atom. The number of carbonyl (C=O) groups excluding carboxylic acids is 1. The Bertz CT molecular complexity index is 528. The number of amides is 1. The van der Waals surface area contributed by atoms with Crippen molar-refractivity contribution in [3.8, 4) is 5.75 Å². The van der Waals surface area contributed by atoms with E-state index >= 15 is 0 Å². The highest BCUT2D eigenvalue weighted by Gasteiger charge is 2.30. The molecule has 1 aromatic carbocycles. The highest BCUT2D eigenvalue weighted by atomic mass is 35.5. The molecule has 1 amide bonds. The van der Waals surface area contributed by atoms with Crippen LogP contribution in [0.4, 0.5) is 5.69 Å². The lowest BCUT2D eigenvalue weighted by Crippen LogP contribution is -2.29. The van der Waals surface area contributed by atoms with Gasteiger partial charge in [-0.15, -0.1) is 0 Å². The Hall–Kier alpha value is -1.75. The van der Waals surface area contributed by atoms with Crippen LogP contribution in [0.3, 0.4) is 0 Å². The van der Waals surface area contributed by atoms with E-state index in [-0.39, 0.29) is 6.42 Å². The lowest BCUT2D eigenvalue weighted by Gasteiger charge is -2.19. The first kappa shape index (κ1) is 17.3. The van der Waals surface area contributed by atoms with Crippen molar-refractivity contribution in [3.63, 3.8) is 0 Å². The Labute approximate surface area is 129 Å². The number of benzene rings is 1. The first-order chi connectivity index (χ1) is 9.76. The summed E-state index contributed by atoms with van der Waals surface area (Å²) in [6, 6.07) is 4.93. The zero-order valence-corrected chi connectivity index (χ0v) is 13.2. The van der Waals surface area contributed by atoms with Crippen molar-refractivity contribution in [1.82, 2.24) is 0 Å². The number of aliphatic carboxylic acids is 1. The minimum Gasteiger partial charge on any atom is -0.491 e. The van der Waals surface area contributed by atoms with E-state index in [1.807, 2.05) is 6.92 Å². The van der Waals surface area contributed by atoms with Gasteiger partial charge >= 0.3 is 5.97 Å². The number of hydrogen-bond acceptors (Lipinski definition) is 3. The number of carbonyl (C=O) groups is 2. The van der Waals surface area contributed by atoms with Gasteiger partial charge in [-0.2, -0.15) is 0 Å². The molecule has 0 aliphatic heterocycles. The molecule has 0 bridgehead atoms. The summed E-state index contributed by atoms with van der Waals surface area (Å²) in [5.41, 5.74) is -0.685. The average molecular weight is 314 g/mol. The number of hydrogen-bond donors (Lipinski definition) is 2. The van der Waals surface area contributed by atoms with Crippen molar-refractivity contribution in [2.75, 3.05) is 11.9 Å². The van der Waals surface area contributed by atoms with Crippen molar-refractivity contribution >= 4 is 29.2 Å². The molecule has 0 aliphatic rings. The molecule has 21 heavy (non-hydrogen) atoms. The second-order valence-corrected chi connectivity index (χ2v) is 5.84. The van der Waals surface area contributed by atoms with Crippen LogP contribution in [0.15, 0.2) is 18.2 Å². The summed E-state index contributed by atoms with van der Waals surface area (Å²) < 4.78 is 5.53. The van der Waals surface area contributed by atoms with E-state index in [2.05, 4.69) is 5.32 Å². The fourth-order valence-electron chi connectivity index (χ4n) is 1.61. The molecular formula is C15H20ClNO4. The van der Waals surface area contributed by atoms with Crippen LogP contribution in [-0.2, 0) is 9.59 Å². The van der Waals surface area contributed by atoms with E-state index in [9.17, 15) is 9.59 Å². The van der Waals surface area contributed by atoms with E-state index < -0.39 is 17.3 Å². The lowest BCUT2D eigenvalue weighted by molar-refractivity contribution is -0.148. The van der Waals surface area contributed by atoms with Gasteiger partial charge in [0.2, 0.25) is 5.91 Å². The van der Waals surface area contributed by atoms with E-state index in [4.69, 9.17) is 21.4 Å². The van der Waals surface area contributed by atoms with Crippen LogP contribution in [-0.4, -0.2) is 23.6 Å². The van der Waals surface area contributed by atoms with E-state index in [1.165, 1.54) is 13.8 Å². The monoisotopic (exact) mass is 313 g/mol. The number of rotatable bonds is 7. The molecule has 5 nitrogen and oxygen atoms in total. The predicted molar refractivity (Wildman–Crippen MR) is 81.9 cm³/mol. The molecule has 0 aromatic heterocycles. The van der Waals surface area contributed by atoms with Gasteiger partial charge in [0.1, 0.15) is 5.75 Å². The lowest BCUT2D eigenvalue weighted by atomic mass is 9.89. The molecule has 0 unspecified atom stereocenters. The maximum atomic E-state index is 12.0. The maximum Gasteiger partial charge on any atom is 0.309 e. The Morgan fingerprint density at radius 1 is 1.38 bits per heavy atom. The Balaban J connectivity index is 2.83. The third-order valence-corrected chi connectivity index (χ3v) is 3.09. The van der Waals surface area contributed by atoms with Crippen LogP contribution in [0.2, 0.25) is 5.02 Å². The number of nitrogens with one attached hydrogen (secondary N) is 1. The van der Waals surface area contributed by atoms with Gasteiger partial charge in [0.15, 0.2) is 0 Å². The summed E-state index contributed by atoms with van der Waals surface area (Å²) in [6.07, 6.45) is 0.699. The number of ether oxygens (including phenoxy) is 1. The number of carboxylic acid groups (broad SMARTS) is 1. The summed E-state index contributed by atoms with van der Waals surface area (Å²) in [5, 5.41) is 12.2. The van der Waals surface area contributed by atoms with Gasteiger partial charge in [0.25, 0.3) is 0 Å². The van der Waals surface area contributed by atoms with E-state index in [0.717, 1.165) is 6.42 Å². The number of carboxylic acids is 1. The van der Waals surface area contributed by atoms with Gasteiger partial charge in [-0.1, -0.05) is 18.5 Å². The quantitative estimate of drug-likeness (QED) is 0.807. The van der Waals surface area contributed by atoms with Gasteiger partial charge in [-0.25, -0.2) is 0 Å². The summed E-state index contributed by atoms with van der Waals surface area (Å²) in [4.78, 5) is 23.0. The molecule has 0 heterocycles. The van der Waals surface area contributed by atoms with Crippen LogP contribution in [0.1, 0.15) is 33.6 Å². The topological polar surface area (TPSA) is 75.6 Å². The number of halogens is 1. The molecule has 0 saturated heterocycles. The SMILES string of the molecule is CCCOc1ccc(Cl)cc1NC(=O)CC(C)(C)C(=O)O. The first-order valence-electron chi connectivity index (χ1n) is 6.72. The molecule has 116 valence electrons. The summed E-state index contributed by atoms with van der Waals surface area (Å²) >= 11 is 5.92. The average Bonchev–Trinajstić information content (AvgIpc) is 2.36. The minimum absolute atomic E-state index is 0.137. The van der Waals surface area contributed by atoms with Gasteiger partial charge in [0, 0.05) is 11.4 Å². The van der Waals surface area contributed by atoms with Gasteiger partial charge in [-0.3, -0.25) is 9.59 Å². The van der Waals surface area contributed by atoms with Crippen molar-refractivity contribution < 1.29 is 19.4 Å². The van der Waals surface area contributed by atoms with Crippen LogP contribution in [0.5, 0.6) is 5.75 Å². The summed E-state index contributed by atoms with van der Waals surface area (Å²) in [6.45, 7) is 5.50. The van der Waals surface area contributed by atoms with Crippen LogP contribution in [0.25, 0.3) is 0 Å². The van der Waals surface area contributed by atoms with Gasteiger partial charge in [0.05, 0.1) is 17.7 Å². The van der Waals surface area contributed by atoms with E-state index in [0.29, 0.717) is 23.1 Å². The Kier molecular flexibility index (Phi) is 6.03. The second kappa shape index (κ2) is 7.31. The highest BCUT2D eigenvalue weighted by molar-refractivity contribution is 6.31. The molecule has 0 atom stereocenters. The molecule has 6 heteroatoms.